The summed E-state index contributed by atoms with van der Waals surface area (Å²) in [6, 6.07) is 0. The molecule has 0 aliphatic carbocycles. The first-order chi connectivity index (χ1) is 9.17. The molecule has 1 saturated heterocycles. The molecule has 0 aromatic carbocycles. The molecule has 0 amide bonds. The second kappa shape index (κ2) is 6.78. The van der Waals surface area contributed by atoms with Crippen LogP contribution in [0.25, 0.3) is 0 Å². The first-order valence-electron chi connectivity index (χ1n) is 7.35. The number of rotatable bonds is 3. The average molecular weight is 303 g/mol. The molecule has 1 atom stereocenters. The molecule has 0 radical (unpaired) electrons. The van der Waals surface area contributed by atoms with Crippen LogP contribution in [0, 0.1) is 5.92 Å². The van der Waals surface area contributed by atoms with E-state index in [2.05, 4.69) is 22.1 Å². The highest BCUT2D eigenvalue weighted by Crippen LogP contribution is 2.16. The maximum atomic E-state index is 12.1. The number of guanidine groups is 1. The standard InChI is InChI=1S/C14H29N3O2S/c1-12-7-6-9-17(11-12)13(15-5)16-8-10-20(18,19)14(2,3)4/h12H,6-11H2,1-5H3,(H,15,16). The van der Waals surface area contributed by atoms with Crippen molar-refractivity contribution < 1.29 is 8.42 Å². The van der Waals surface area contributed by atoms with Crippen LogP contribution in [0.1, 0.15) is 40.5 Å². The maximum absolute atomic E-state index is 12.1. The SMILES string of the molecule is CN=C(NCCS(=O)(=O)C(C)(C)C)N1CCCC(C)C1. The van der Waals surface area contributed by atoms with Crippen molar-refractivity contribution in [2.75, 3.05) is 32.4 Å². The van der Waals surface area contributed by atoms with Gasteiger partial charge in [-0.25, -0.2) is 8.42 Å². The van der Waals surface area contributed by atoms with Gasteiger partial charge in [-0.3, -0.25) is 4.99 Å². The molecule has 1 heterocycles. The van der Waals surface area contributed by atoms with Gasteiger partial charge in [-0.1, -0.05) is 6.92 Å². The van der Waals surface area contributed by atoms with Gasteiger partial charge in [0.25, 0.3) is 0 Å². The van der Waals surface area contributed by atoms with Crippen molar-refractivity contribution in [3.8, 4) is 0 Å². The lowest BCUT2D eigenvalue weighted by Crippen LogP contribution is -2.47. The quantitative estimate of drug-likeness (QED) is 0.634. The Labute approximate surface area is 123 Å². The van der Waals surface area contributed by atoms with E-state index in [9.17, 15) is 8.42 Å². The number of nitrogens with zero attached hydrogens (tertiary/aromatic N) is 2. The third-order valence-corrected chi connectivity index (χ3v) is 6.36. The topological polar surface area (TPSA) is 61.8 Å². The molecular weight excluding hydrogens is 274 g/mol. The monoisotopic (exact) mass is 303 g/mol. The first kappa shape index (κ1) is 17.3. The molecule has 1 N–H and O–H groups in total. The van der Waals surface area contributed by atoms with E-state index in [1.165, 1.54) is 12.8 Å². The smallest absolute Gasteiger partial charge is 0.193 e. The van der Waals surface area contributed by atoms with Gasteiger partial charge in [-0.2, -0.15) is 0 Å². The summed E-state index contributed by atoms with van der Waals surface area (Å²) in [5.41, 5.74) is 0. The molecule has 0 saturated carbocycles. The fourth-order valence-corrected chi connectivity index (χ4v) is 3.30. The Balaban J connectivity index is 2.51. The molecule has 1 aliphatic rings. The van der Waals surface area contributed by atoms with Gasteiger partial charge in [-0.05, 0) is 39.5 Å². The predicted molar refractivity (Wildman–Crippen MR) is 84.9 cm³/mol. The minimum absolute atomic E-state index is 0.138. The number of nitrogens with one attached hydrogen (secondary N) is 1. The van der Waals surface area contributed by atoms with Crippen LogP contribution in [0.15, 0.2) is 4.99 Å². The highest BCUT2D eigenvalue weighted by atomic mass is 32.2. The number of piperidine rings is 1. The highest BCUT2D eigenvalue weighted by molar-refractivity contribution is 7.92. The van der Waals surface area contributed by atoms with Gasteiger partial charge in [0.2, 0.25) is 0 Å². The van der Waals surface area contributed by atoms with Crippen LogP contribution in [0.3, 0.4) is 0 Å². The predicted octanol–water partition coefficient (Wildman–Crippen LogP) is 1.51. The van der Waals surface area contributed by atoms with E-state index >= 15 is 0 Å². The fourth-order valence-electron chi connectivity index (χ4n) is 2.32. The molecule has 118 valence electrons. The maximum Gasteiger partial charge on any atom is 0.193 e. The Kier molecular flexibility index (Phi) is 5.86. The summed E-state index contributed by atoms with van der Waals surface area (Å²) in [6.07, 6.45) is 2.42. The lowest BCUT2D eigenvalue weighted by Gasteiger charge is -2.33. The summed E-state index contributed by atoms with van der Waals surface area (Å²) in [5.74, 6) is 1.63. The minimum atomic E-state index is -3.08. The van der Waals surface area contributed by atoms with Crippen molar-refractivity contribution in [2.45, 2.75) is 45.3 Å². The second-order valence-corrected chi connectivity index (χ2v) is 9.46. The molecule has 6 heteroatoms. The van der Waals surface area contributed by atoms with Crippen molar-refractivity contribution in [3.63, 3.8) is 0 Å². The molecule has 1 unspecified atom stereocenters. The molecule has 5 nitrogen and oxygen atoms in total. The molecule has 0 bridgehead atoms. The molecule has 1 rings (SSSR count). The van der Waals surface area contributed by atoms with Crippen LogP contribution in [-0.2, 0) is 9.84 Å². The zero-order valence-corrected chi connectivity index (χ0v) is 14.3. The normalized spacial score (nSPS) is 21.9. The molecule has 0 spiro atoms. The lowest BCUT2D eigenvalue weighted by atomic mass is 10.0. The van der Waals surface area contributed by atoms with Gasteiger partial charge >= 0.3 is 0 Å². The summed E-state index contributed by atoms with van der Waals surface area (Å²) in [7, 11) is -1.33. The Morgan fingerprint density at radius 1 is 1.40 bits per heavy atom. The van der Waals surface area contributed by atoms with Crippen molar-refractivity contribution in [2.24, 2.45) is 10.9 Å². The summed E-state index contributed by atoms with van der Waals surface area (Å²) in [4.78, 5) is 6.48. The number of hydrogen-bond acceptors (Lipinski definition) is 3. The number of sulfone groups is 1. The summed E-state index contributed by atoms with van der Waals surface area (Å²) in [6.45, 7) is 9.86. The van der Waals surface area contributed by atoms with E-state index in [4.69, 9.17) is 0 Å². The minimum Gasteiger partial charge on any atom is -0.355 e. The summed E-state index contributed by atoms with van der Waals surface area (Å²) in [5, 5.41) is 3.18. The number of likely N-dealkylation sites (tertiary alicyclic amines) is 1. The van der Waals surface area contributed by atoms with Gasteiger partial charge in [0.1, 0.15) is 0 Å². The number of hydrogen-bond donors (Lipinski definition) is 1. The summed E-state index contributed by atoms with van der Waals surface area (Å²) >= 11 is 0. The lowest BCUT2D eigenvalue weighted by molar-refractivity contribution is 0.266. The molecule has 0 aromatic rings. The van der Waals surface area contributed by atoms with Crippen molar-refractivity contribution in [1.82, 2.24) is 10.2 Å². The molecule has 20 heavy (non-hydrogen) atoms. The van der Waals surface area contributed by atoms with Crippen LogP contribution in [-0.4, -0.2) is 56.5 Å². The average Bonchev–Trinajstić information content (AvgIpc) is 2.33. The molecule has 1 fully saturated rings. The van der Waals surface area contributed by atoms with E-state index in [1.54, 1.807) is 27.8 Å². The summed E-state index contributed by atoms with van der Waals surface area (Å²) < 4.78 is 23.4. The van der Waals surface area contributed by atoms with Crippen LogP contribution in [0.4, 0.5) is 0 Å². The third kappa shape index (κ3) is 4.65. The zero-order chi connectivity index (χ0) is 15.4. The molecule has 0 aromatic heterocycles. The van der Waals surface area contributed by atoms with Crippen LogP contribution >= 0.6 is 0 Å². The Hall–Kier alpha value is -0.780. The Morgan fingerprint density at radius 3 is 2.55 bits per heavy atom. The van der Waals surface area contributed by atoms with Crippen molar-refractivity contribution in [3.05, 3.63) is 0 Å². The Morgan fingerprint density at radius 2 is 2.05 bits per heavy atom. The number of aliphatic imine (C=N–C) groups is 1. The zero-order valence-electron chi connectivity index (χ0n) is 13.4. The largest absolute Gasteiger partial charge is 0.355 e. The van der Waals surface area contributed by atoms with Crippen LogP contribution < -0.4 is 5.32 Å². The van der Waals surface area contributed by atoms with E-state index in [1.807, 2.05) is 0 Å². The highest BCUT2D eigenvalue weighted by Gasteiger charge is 2.28. The third-order valence-electron chi connectivity index (χ3n) is 3.76. The first-order valence-corrected chi connectivity index (χ1v) is 9.00. The van der Waals surface area contributed by atoms with Gasteiger partial charge in [-0.15, -0.1) is 0 Å². The van der Waals surface area contributed by atoms with Crippen molar-refractivity contribution in [1.29, 1.82) is 0 Å². The van der Waals surface area contributed by atoms with E-state index in [0.717, 1.165) is 19.0 Å². The van der Waals surface area contributed by atoms with E-state index < -0.39 is 14.6 Å². The van der Waals surface area contributed by atoms with Gasteiger partial charge in [0, 0.05) is 26.7 Å². The van der Waals surface area contributed by atoms with Crippen LogP contribution in [0.2, 0.25) is 0 Å². The van der Waals surface area contributed by atoms with Crippen molar-refractivity contribution >= 4 is 15.8 Å². The molecule has 1 aliphatic heterocycles. The van der Waals surface area contributed by atoms with Gasteiger partial charge in [0.05, 0.1) is 10.5 Å². The van der Waals surface area contributed by atoms with Gasteiger partial charge < -0.3 is 10.2 Å². The van der Waals surface area contributed by atoms with E-state index in [-0.39, 0.29) is 5.75 Å². The van der Waals surface area contributed by atoms with Crippen LogP contribution in [0.5, 0.6) is 0 Å². The second-order valence-electron chi connectivity index (χ2n) is 6.60. The fraction of sp³-hybridized carbons (Fsp3) is 0.929. The molecular formula is C14H29N3O2S. The Bertz CT molecular complexity index is 438. The van der Waals surface area contributed by atoms with Gasteiger partial charge in [0.15, 0.2) is 15.8 Å². The van der Waals surface area contributed by atoms with E-state index in [0.29, 0.717) is 12.5 Å².